The molecule has 48 heavy (non-hydrogen) atoms. The number of methoxy groups -OCH3 is 1. The van der Waals surface area contributed by atoms with Crippen molar-refractivity contribution in [3.05, 3.63) is 88.5 Å². The molecule has 10 nitrogen and oxygen atoms in total. The summed E-state index contributed by atoms with van der Waals surface area (Å²) in [6, 6.07) is 17.2. The Morgan fingerprint density at radius 2 is 1.69 bits per heavy atom. The number of amides is 2. The van der Waals surface area contributed by atoms with Crippen LogP contribution < -0.4 is 24.3 Å². The minimum atomic E-state index is -0.566. The second kappa shape index (κ2) is 15.0. The highest BCUT2D eigenvalue weighted by Crippen LogP contribution is 2.39. The third kappa shape index (κ3) is 8.60. The van der Waals surface area contributed by atoms with E-state index in [9.17, 15) is 9.59 Å². The van der Waals surface area contributed by atoms with E-state index < -0.39 is 11.6 Å². The van der Waals surface area contributed by atoms with Crippen LogP contribution in [0.1, 0.15) is 61.1 Å². The molecule has 2 heterocycles. The Morgan fingerprint density at radius 3 is 2.40 bits per heavy atom. The van der Waals surface area contributed by atoms with E-state index in [1.807, 2.05) is 88.4 Å². The standard InChI is InChI=1S/C38H47N3O7/c1-25-18-33-35(47-24-46-33)20-27(25)14-15-30-29-22-32(44-7)34(45-23-26-12-9-8-10-13-26)21-28(29)19-31(39-30)36(42)40(5)16-11-17-41(6)37(43)48-38(2,3)4/h8-10,12-15,18,20-22,30-31,39H,11,16-17,19,23-24H2,1-7H3/b15-14+. The molecule has 2 unspecified atom stereocenters. The fraction of sp³-hybridized carbons (Fsp3) is 0.421. The number of aryl methyl sites for hydroxylation is 1. The largest absolute Gasteiger partial charge is 0.493 e. The molecular weight excluding hydrogens is 610 g/mol. The summed E-state index contributed by atoms with van der Waals surface area (Å²) in [6.07, 6.45) is 4.84. The number of hydrogen-bond donors (Lipinski definition) is 1. The molecular formula is C38H47N3O7. The van der Waals surface area contributed by atoms with Gasteiger partial charge in [-0.2, -0.15) is 0 Å². The first-order valence-electron chi connectivity index (χ1n) is 16.3. The molecule has 0 aliphatic carbocycles. The molecule has 10 heteroatoms. The number of likely N-dealkylation sites (N-methyl/N-ethyl adjacent to an activating group) is 1. The van der Waals surface area contributed by atoms with E-state index >= 15 is 0 Å². The van der Waals surface area contributed by atoms with Crippen LogP contribution in [-0.4, -0.2) is 74.5 Å². The monoisotopic (exact) mass is 657 g/mol. The highest BCUT2D eigenvalue weighted by molar-refractivity contribution is 5.83. The Morgan fingerprint density at radius 1 is 0.979 bits per heavy atom. The minimum absolute atomic E-state index is 0.0270. The molecule has 2 aliphatic rings. The van der Waals surface area contributed by atoms with Crippen molar-refractivity contribution in [3.8, 4) is 23.0 Å². The van der Waals surface area contributed by atoms with Crippen LogP contribution in [0.5, 0.6) is 23.0 Å². The second-order valence-electron chi connectivity index (χ2n) is 13.3. The number of rotatable bonds is 11. The van der Waals surface area contributed by atoms with Crippen LogP contribution in [0.15, 0.2) is 60.7 Å². The van der Waals surface area contributed by atoms with E-state index in [4.69, 9.17) is 23.7 Å². The van der Waals surface area contributed by atoms with Crippen LogP contribution in [0.4, 0.5) is 4.79 Å². The number of nitrogens with one attached hydrogen (secondary N) is 1. The predicted molar refractivity (Wildman–Crippen MR) is 185 cm³/mol. The average Bonchev–Trinajstić information content (AvgIpc) is 3.51. The molecule has 0 spiro atoms. The van der Waals surface area contributed by atoms with Crippen molar-refractivity contribution in [2.75, 3.05) is 41.1 Å². The van der Waals surface area contributed by atoms with Crippen molar-refractivity contribution < 1.29 is 33.3 Å². The van der Waals surface area contributed by atoms with E-state index in [1.165, 1.54) is 0 Å². The van der Waals surface area contributed by atoms with Crippen molar-refractivity contribution >= 4 is 18.1 Å². The maximum Gasteiger partial charge on any atom is 0.410 e. The number of hydrogen-bond acceptors (Lipinski definition) is 8. The summed E-state index contributed by atoms with van der Waals surface area (Å²) in [5.41, 5.74) is 4.55. The van der Waals surface area contributed by atoms with E-state index in [-0.39, 0.29) is 24.8 Å². The second-order valence-corrected chi connectivity index (χ2v) is 13.3. The maximum absolute atomic E-state index is 13.9. The first-order valence-corrected chi connectivity index (χ1v) is 16.3. The van der Waals surface area contributed by atoms with Crippen LogP contribution in [0.25, 0.3) is 6.08 Å². The molecule has 3 aromatic carbocycles. The summed E-state index contributed by atoms with van der Waals surface area (Å²) in [7, 11) is 5.14. The van der Waals surface area contributed by atoms with Gasteiger partial charge in [0.25, 0.3) is 0 Å². The van der Waals surface area contributed by atoms with E-state index in [0.717, 1.165) is 33.6 Å². The Labute approximate surface area is 283 Å². The molecule has 1 N–H and O–H groups in total. The number of nitrogens with zero attached hydrogens (tertiary/aromatic N) is 2. The third-order valence-corrected chi connectivity index (χ3v) is 8.40. The molecule has 256 valence electrons. The summed E-state index contributed by atoms with van der Waals surface area (Å²) in [5, 5.41) is 3.59. The Hall–Kier alpha value is -4.70. The van der Waals surface area contributed by atoms with Gasteiger partial charge >= 0.3 is 6.09 Å². The molecule has 0 bridgehead atoms. The van der Waals surface area contributed by atoms with Gasteiger partial charge in [-0.1, -0.05) is 42.5 Å². The lowest BCUT2D eigenvalue weighted by atomic mass is 9.88. The number of ether oxygens (including phenoxy) is 5. The van der Waals surface area contributed by atoms with Gasteiger partial charge in [-0.15, -0.1) is 0 Å². The number of carbonyl (C=O) groups excluding carboxylic acids is 2. The molecule has 0 radical (unpaired) electrons. The molecule has 2 amide bonds. The van der Waals surface area contributed by atoms with Crippen molar-refractivity contribution in [2.24, 2.45) is 0 Å². The summed E-state index contributed by atoms with van der Waals surface area (Å²) in [5.74, 6) is 2.68. The van der Waals surface area contributed by atoms with E-state index in [1.54, 1.807) is 31.0 Å². The molecule has 0 aromatic heterocycles. The van der Waals surface area contributed by atoms with Crippen LogP contribution >= 0.6 is 0 Å². The van der Waals surface area contributed by atoms with Gasteiger partial charge in [0.1, 0.15) is 12.2 Å². The van der Waals surface area contributed by atoms with Crippen LogP contribution in [0.3, 0.4) is 0 Å². The highest BCUT2D eigenvalue weighted by atomic mass is 16.7. The van der Waals surface area contributed by atoms with Gasteiger partial charge in [-0.05, 0) is 92.6 Å². The third-order valence-electron chi connectivity index (χ3n) is 8.40. The van der Waals surface area contributed by atoms with E-state index in [0.29, 0.717) is 49.8 Å². The van der Waals surface area contributed by atoms with Gasteiger partial charge in [0.15, 0.2) is 23.0 Å². The molecule has 0 saturated carbocycles. The summed E-state index contributed by atoms with van der Waals surface area (Å²) < 4.78 is 28.6. The SMILES string of the molecule is COc1cc2c(cc1OCc1ccccc1)CC(C(=O)N(C)CCCN(C)C(=O)OC(C)(C)C)NC2/C=C/c1cc2c(cc1C)OCO2. The van der Waals surface area contributed by atoms with Crippen molar-refractivity contribution in [3.63, 3.8) is 0 Å². The summed E-state index contributed by atoms with van der Waals surface area (Å²) >= 11 is 0. The topological polar surface area (TPSA) is 98.8 Å². The molecule has 3 aromatic rings. The van der Waals surface area contributed by atoms with Crippen LogP contribution in [0.2, 0.25) is 0 Å². The minimum Gasteiger partial charge on any atom is -0.493 e. The van der Waals surface area contributed by atoms with Crippen LogP contribution in [-0.2, 0) is 22.6 Å². The maximum atomic E-state index is 13.9. The Kier molecular flexibility index (Phi) is 10.8. The van der Waals surface area contributed by atoms with Gasteiger partial charge in [0, 0.05) is 27.2 Å². The quantitative estimate of drug-likeness (QED) is 0.257. The first kappa shape index (κ1) is 34.6. The lowest BCUT2D eigenvalue weighted by Gasteiger charge is -2.34. The van der Waals surface area contributed by atoms with Crippen molar-refractivity contribution in [2.45, 2.75) is 64.8 Å². The number of fused-ring (bicyclic) bond motifs is 2. The van der Waals surface area contributed by atoms with Gasteiger partial charge in [0.05, 0.1) is 19.2 Å². The summed E-state index contributed by atoms with van der Waals surface area (Å²) in [6.45, 7) is 9.11. The average molecular weight is 658 g/mol. The number of benzene rings is 3. The van der Waals surface area contributed by atoms with Crippen LogP contribution in [0, 0.1) is 6.92 Å². The molecule has 0 fully saturated rings. The van der Waals surface area contributed by atoms with Gasteiger partial charge in [-0.25, -0.2) is 4.79 Å². The fourth-order valence-electron chi connectivity index (χ4n) is 5.79. The Bertz CT molecular complexity index is 1630. The van der Waals surface area contributed by atoms with Gasteiger partial charge in [0.2, 0.25) is 12.7 Å². The van der Waals surface area contributed by atoms with E-state index in [2.05, 4.69) is 11.4 Å². The summed E-state index contributed by atoms with van der Waals surface area (Å²) in [4.78, 5) is 29.5. The van der Waals surface area contributed by atoms with Gasteiger partial charge < -0.3 is 33.5 Å². The Balaban J connectivity index is 1.36. The van der Waals surface area contributed by atoms with Crippen molar-refractivity contribution in [1.29, 1.82) is 0 Å². The zero-order valence-corrected chi connectivity index (χ0v) is 29.0. The fourth-order valence-corrected chi connectivity index (χ4v) is 5.79. The molecule has 2 atom stereocenters. The van der Waals surface area contributed by atoms with Gasteiger partial charge in [-0.3, -0.25) is 10.1 Å². The zero-order chi connectivity index (χ0) is 34.4. The molecule has 2 aliphatic heterocycles. The predicted octanol–water partition coefficient (Wildman–Crippen LogP) is 6.30. The normalized spacial score (nSPS) is 16.7. The lowest BCUT2D eigenvalue weighted by molar-refractivity contribution is -0.132. The highest BCUT2D eigenvalue weighted by Gasteiger charge is 2.32. The molecule has 5 rings (SSSR count). The zero-order valence-electron chi connectivity index (χ0n) is 29.0. The smallest absolute Gasteiger partial charge is 0.410 e. The first-order chi connectivity index (χ1) is 22.9. The lowest BCUT2D eigenvalue weighted by Crippen LogP contribution is -2.50. The van der Waals surface area contributed by atoms with Crippen molar-refractivity contribution in [1.82, 2.24) is 15.1 Å². The number of carbonyl (C=O) groups is 2. The molecule has 0 saturated heterocycles.